The van der Waals surface area contributed by atoms with Gasteiger partial charge in [0.15, 0.2) is 0 Å². The first-order chi connectivity index (χ1) is 7.76. The van der Waals surface area contributed by atoms with Gasteiger partial charge in [0.1, 0.15) is 0 Å². The molecule has 16 heavy (non-hydrogen) atoms. The molecule has 1 unspecified atom stereocenters. The fourth-order valence-electron chi connectivity index (χ4n) is 1.44. The Balaban J connectivity index is 2.21. The normalized spacial score (nSPS) is 12.1. The van der Waals surface area contributed by atoms with E-state index >= 15 is 0 Å². The third kappa shape index (κ3) is 4.78. The van der Waals surface area contributed by atoms with Gasteiger partial charge in [-0.2, -0.15) is 5.26 Å². The monoisotopic (exact) mass is 280 g/mol. The van der Waals surface area contributed by atoms with Gasteiger partial charge >= 0.3 is 0 Å². The summed E-state index contributed by atoms with van der Waals surface area (Å²) in [5.41, 5.74) is 1.32. The summed E-state index contributed by atoms with van der Waals surface area (Å²) in [6, 6.07) is 10.6. The smallest absolute Gasteiger partial charge is 0.0669 e. The molecular formula is C13H17BrN2. The molecule has 0 bridgehead atoms. The van der Waals surface area contributed by atoms with Gasteiger partial charge in [0.05, 0.1) is 12.0 Å². The van der Waals surface area contributed by atoms with Crippen LogP contribution in [0, 0.1) is 17.2 Å². The third-order valence-corrected chi connectivity index (χ3v) is 3.10. The Morgan fingerprint density at radius 2 is 2.06 bits per heavy atom. The van der Waals surface area contributed by atoms with Crippen molar-refractivity contribution in [1.29, 1.82) is 5.26 Å². The second-order valence-corrected chi connectivity index (χ2v) is 4.73. The van der Waals surface area contributed by atoms with Gasteiger partial charge in [-0.1, -0.05) is 35.0 Å². The average Bonchev–Trinajstić information content (AvgIpc) is 2.32. The zero-order valence-electron chi connectivity index (χ0n) is 9.54. The van der Waals surface area contributed by atoms with E-state index in [4.69, 9.17) is 5.26 Å². The van der Waals surface area contributed by atoms with Crippen molar-refractivity contribution in [2.75, 3.05) is 13.1 Å². The van der Waals surface area contributed by atoms with E-state index in [1.54, 1.807) is 0 Å². The summed E-state index contributed by atoms with van der Waals surface area (Å²) in [6.07, 6.45) is 1.93. The van der Waals surface area contributed by atoms with Crippen LogP contribution >= 0.6 is 15.9 Å². The first kappa shape index (κ1) is 13.2. The first-order valence-electron chi connectivity index (χ1n) is 5.61. The summed E-state index contributed by atoms with van der Waals surface area (Å²) in [5.74, 6) is 0.143. The zero-order valence-corrected chi connectivity index (χ0v) is 11.1. The van der Waals surface area contributed by atoms with E-state index in [0.717, 1.165) is 30.4 Å². The molecule has 0 spiro atoms. The molecule has 0 saturated heterocycles. The van der Waals surface area contributed by atoms with Gasteiger partial charge in [-0.05, 0) is 37.1 Å². The SMILES string of the molecule is CCC(C#N)CNCCc1ccc(Br)cc1. The lowest BCUT2D eigenvalue weighted by atomic mass is 10.1. The number of benzene rings is 1. The summed E-state index contributed by atoms with van der Waals surface area (Å²) in [5, 5.41) is 12.1. The van der Waals surface area contributed by atoms with Crippen LogP contribution in [0.25, 0.3) is 0 Å². The zero-order chi connectivity index (χ0) is 11.8. The summed E-state index contributed by atoms with van der Waals surface area (Å²) in [6.45, 7) is 3.77. The van der Waals surface area contributed by atoms with E-state index in [9.17, 15) is 0 Å². The number of hydrogen-bond acceptors (Lipinski definition) is 2. The summed E-state index contributed by atoms with van der Waals surface area (Å²) < 4.78 is 1.11. The van der Waals surface area contributed by atoms with E-state index in [1.807, 2.05) is 6.92 Å². The lowest BCUT2D eigenvalue weighted by Crippen LogP contribution is -2.23. The number of nitrogens with one attached hydrogen (secondary N) is 1. The van der Waals surface area contributed by atoms with Crippen molar-refractivity contribution < 1.29 is 0 Å². The number of nitriles is 1. The van der Waals surface area contributed by atoms with Gasteiger partial charge in [-0.25, -0.2) is 0 Å². The van der Waals surface area contributed by atoms with Crippen molar-refractivity contribution in [3.05, 3.63) is 34.3 Å². The van der Waals surface area contributed by atoms with Gasteiger partial charge in [0.25, 0.3) is 0 Å². The van der Waals surface area contributed by atoms with Crippen molar-refractivity contribution in [2.45, 2.75) is 19.8 Å². The minimum atomic E-state index is 0.143. The highest BCUT2D eigenvalue weighted by molar-refractivity contribution is 9.10. The molecule has 0 aliphatic heterocycles. The Kier molecular flexibility index (Phi) is 6.14. The average molecular weight is 281 g/mol. The lowest BCUT2D eigenvalue weighted by molar-refractivity contribution is 0.555. The Labute approximate surface area is 106 Å². The topological polar surface area (TPSA) is 35.8 Å². The van der Waals surface area contributed by atoms with E-state index < -0.39 is 0 Å². The molecule has 2 nitrogen and oxygen atoms in total. The Morgan fingerprint density at radius 3 is 2.62 bits per heavy atom. The predicted molar refractivity (Wildman–Crippen MR) is 70.1 cm³/mol. The largest absolute Gasteiger partial charge is 0.315 e. The number of nitrogens with zero attached hydrogens (tertiary/aromatic N) is 1. The molecule has 0 amide bonds. The second-order valence-electron chi connectivity index (χ2n) is 3.81. The number of halogens is 1. The van der Waals surface area contributed by atoms with Crippen LogP contribution in [0.3, 0.4) is 0 Å². The van der Waals surface area contributed by atoms with Crippen molar-refractivity contribution in [3.63, 3.8) is 0 Å². The Bertz CT molecular complexity index is 340. The maximum absolute atomic E-state index is 8.78. The Hall–Kier alpha value is -0.850. The molecule has 1 N–H and O–H groups in total. The molecule has 1 aromatic rings. The van der Waals surface area contributed by atoms with Crippen LogP contribution in [0.15, 0.2) is 28.7 Å². The van der Waals surface area contributed by atoms with Crippen LogP contribution in [-0.4, -0.2) is 13.1 Å². The molecule has 0 saturated carbocycles. The molecule has 0 aromatic heterocycles. The van der Waals surface area contributed by atoms with Crippen molar-refractivity contribution in [2.24, 2.45) is 5.92 Å². The molecule has 3 heteroatoms. The first-order valence-corrected chi connectivity index (χ1v) is 6.40. The highest BCUT2D eigenvalue weighted by atomic mass is 79.9. The van der Waals surface area contributed by atoms with Gasteiger partial charge in [-0.3, -0.25) is 0 Å². The quantitative estimate of drug-likeness (QED) is 0.813. The minimum absolute atomic E-state index is 0.143. The second kappa shape index (κ2) is 7.43. The van der Waals surface area contributed by atoms with Gasteiger partial charge in [0, 0.05) is 11.0 Å². The predicted octanol–water partition coefficient (Wildman–Crippen LogP) is 3.13. The lowest BCUT2D eigenvalue weighted by Gasteiger charge is -2.08. The highest BCUT2D eigenvalue weighted by Crippen LogP contribution is 2.10. The molecule has 1 atom stereocenters. The molecule has 1 aromatic carbocycles. The van der Waals surface area contributed by atoms with Crippen molar-refractivity contribution >= 4 is 15.9 Å². The van der Waals surface area contributed by atoms with Crippen LogP contribution in [0.2, 0.25) is 0 Å². The van der Waals surface area contributed by atoms with Crippen molar-refractivity contribution in [3.8, 4) is 6.07 Å². The number of rotatable bonds is 6. The van der Waals surface area contributed by atoms with Gasteiger partial charge < -0.3 is 5.32 Å². The fourth-order valence-corrected chi connectivity index (χ4v) is 1.71. The standard InChI is InChI=1S/C13H17BrN2/c1-2-11(9-15)10-16-8-7-12-3-5-13(14)6-4-12/h3-6,11,16H,2,7-8,10H2,1H3. The maximum Gasteiger partial charge on any atom is 0.0669 e. The van der Waals surface area contributed by atoms with Crippen molar-refractivity contribution in [1.82, 2.24) is 5.32 Å². The molecule has 0 fully saturated rings. The number of hydrogen-bond donors (Lipinski definition) is 1. The van der Waals surface area contributed by atoms with E-state index in [-0.39, 0.29) is 5.92 Å². The summed E-state index contributed by atoms with van der Waals surface area (Å²) in [4.78, 5) is 0. The van der Waals surface area contributed by atoms with Crippen LogP contribution in [0.4, 0.5) is 0 Å². The highest BCUT2D eigenvalue weighted by Gasteiger charge is 2.02. The molecule has 86 valence electrons. The van der Waals surface area contributed by atoms with Crippen LogP contribution in [-0.2, 0) is 6.42 Å². The van der Waals surface area contributed by atoms with E-state index in [2.05, 4.69) is 51.6 Å². The maximum atomic E-state index is 8.78. The van der Waals surface area contributed by atoms with Gasteiger partial charge in [-0.15, -0.1) is 0 Å². The molecule has 0 heterocycles. The summed E-state index contributed by atoms with van der Waals surface area (Å²) >= 11 is 3.41. The van der Waals surface area contributed by atoms with Gasteiger partial charge in [0.2, 0.25) is 0 Å². The Morgan fingerprint density at radius 1 is 1.38 bits per heavy atom. The summed E-state index contributed by atoms with van der Waals surface area (Å²) in [7, 11) is 0. The molecule has 0 aliphatic carbocycles. The molecular weight excluding hydrogens is 264 g/mol. The minimum Gasteiger partial charge on any atom is -0.315 e. The molecule has 1 rings (SSSR count). The third-order valence-electron chi connectivity index (χ3n) is 2.57. The van der Waals surface area contributed by atoms with E-state index in [0.29, 0.717) is 0 Å². The fraction of sp³-hybridized carbons (Fsp3) is 0.462. The van der Waals surface area contributed by atoms with Crippen LogP contribution in [0.5, 0.6) is 0 Å². The van der Waals surface area contributed by atoms with Crippen LogP contribution in [0.1, 0.15) is 18.9 Å². The van der Waals surface area contributed by atoms with Crippen LogP contribution < -0.4 is 5.32 Å². The molecule has 0 radical (unpaired) electrons. The van der Waals surface area contributed by atoms with E-state index in [1.165, 1.54) is 5.56 Å². The molecule has 0 aliphatic rings.